The SMILES string of the molecule is CCOCCNC(=O)C1CC1C(=O)O. The lowest BCUT2D eigenvalue weighted by atomic mass is 10.3. The second kappa shape index (κ2) is 4.95. The molecule has 1 amide bonds. The van der Waals surface area contributed by atoms with Gasteiger partial charge in [-0.25, -0.2) is 0 Å². The van der Waals surface area contributed by atoms with E-state index in [1.807, 2.05) is 6.92 Å². The summed E-state index contributed by atoms with van der Waals surface area (Å²) in [5.74, 6) is -1.84. The Morgan fingerprint density at radius 3 is 2.71 bits per heavy atom. The quantitative estimate of drug-likeness (QED) is 0.586. The van der Waals surface area contributed by atoms with Crippen LogP contribution >= 0.6 is 0 Å². The van der Waals surface area contributed by atoms with Crippen LogP contribution < -0.4 is 5.32 Å². The van der Waals surface area contributed by atoms with Crippen molar-refractivity contribution in [2.45, 2.75) is 13.3 Å². The molecule has 0 heterocycles. The molecule has 0 radical (unpaired) electrons. The van der Waals surface area contributed by atoms with Crippen molar-refractivity contribution >= 4 is 11.9 Å². The fourth-order valence-corrected chi connectivity index (χ4v) is 1.28. The fourth-order valence-electron chi connectivity index (χ4n) is 1.28. The van der Waals surface area contributed by atoms with E-state index >= 15 is 0 Å². The van der Waals surface area contributed by atoms with Crippen LogP contribution in [0.1, 0.15) is 13.3 Å². The molecular weight excluding hydrogens is 186 g/mol. The molecule has 5 nitrogen and oxygen atoms in total. The smallest absolute Gasteiger partial charge is 0.307 e. The van der Waals surface area contributed by atoms with Crippen molar-refractivity contribution in [1.82, 2.24) is 5.32 Å². The van der Waals surface area contributed by atoms with Gasteiger partial charge >= 0.3 is 5.97 Å². The van der Waals surface area contributed by atoms with E-state index in [-0.39, 0.29) is 11.8 Å². The van der Waals surface area contributed by atoms with E-state index in [9.17, 15) is 9.59 Å². The topological polar surface area (TPSA) is 75.6 Å². The van der Waals surface area contributed by atoms with Gasteiger partial charge in [0.05, 0.1) is 18.4 Å². The molecule has 0 spiro atoms. The lowest BCUT2D eigenvalue weighted by molar-refractivity contribution is -0.140. The van der Waals surface area contributed by atoms with E-state index in [1.54, 1.807) is 0 Å². The van der Waals surface area contributed by atoms with Crippen LogP contribution in [0.15, 0.2) is 0 Å². The average molecular weight is 201 g/mol. The van der Waals surface area contributed by atoms with Crippen LogP contribution in [0.2, 0.25) is 0 Å². The molecule has 1 aliphatic carbocycles. The normalized spacial score (nSPS) is 24.4. The largest absolute Gasteiger partial charge is 0.481 e. The van der Waals surface area contributed by atoms with Crippen molar-refractivity contribution in [1.29, 1.82) is 0 Å². The first kappa shape index (κ1) is 11.0. The third kappa shape index (κ3) is 2.99. The molecule has 80 valence electrons. The molecule has 0 aromatic rings. The maximum atomic E-state index is 11.3. The van der Waals surface area contributed by atoms with Crippen LogP contribution in [-0.4, -0.2) is 36.7 Å². The molecule has 0 aromatic carbocycles. The van der Waals surface area contributed by atoms with Crippen LogP contribution in [0.3, 0.4) is 0 Å². The Bertz CT molecular complexity index is 229. The minimum Gasteiger partial charge on any atom is -0.481 e. The van der Waals surface area contributed by atoms with Crippen molar-refractivity contribution in [3.63, 3.8) is 0 Å². The summed E-state index contributed by atoms with van der Waals surface area (Å²) in [5.41, 5.74) is 0. The number of ether oxygens (including phenoxy) is 1. The van der Waals surface area contributed by atoms with E-state index in [4.69, 9.17) is 9.84 Å². The number of carbonyl (C=O) groups excluding carboxylic acids is 1. The van der Waals surface area contributed by atoms with Crippen LogP contribution in [0.25, 0.3) is 0 Å². The molecule has 14 heavy (non-hydrogen) atoms. The van der Waals surface area contributed by atoms with Crippen LogP contribution in [0, 0.1) is 11.8 Å². The molecule has 1 aliphatic rings. The molecule has 1 saturated carbocycles. The van der Waals surface area contributed by atoms with Gasteiger partial charge in [-0.3, -0.25) is 9.59 Å². The van der Waals surface area contributed by atoms with E-state index < -0.39 is 11.9 Å². The summed E-state index contributed by atoms with van der Waals surface area (Å²) in [7, 11) is 0. The van der Waals surface area contributed by atoms with Crippen LogP contribution in [-0.2, 0) is 14.3 Å². The van der Waals surface area contributed by atoms with E-state index in [2.05, 4.69) is 5.32 Å². The molecule has 0 saturated heterocycles. The fraction of sp³-hybridized carbons (Fsp3) is 0.778. The molecule has 2 atom stereocenters. The minimum atomic E-state index is -0.880. The summed E-state index contributed by atoms with van der Waals surface area (Å²) in [6, 6.07) is 0. The second-order valence-electron chi connectivity index (χ2n) is 3.27. The van der Waals surface area contributed by atoms with Crippen molar-refractivity contribution in [3.8, 4) is 0 Å². The van der Waals surface area contributed by atoms with Gasteiger partial charge < -0.3 is 15.2 Å². The lowest BCUT2D eigenvalue weighted by Gasteiger charge is -2.03. The first-order valence-corrected chi connectivity index (χ1v) is 4.75. The van der Waals surface area contributed by atoms with Crippen molar-refractivity contribution in [2.75, 3.05) is 19.8 Å². The summed E-state index contributed by atoms with van der Waals surface area (Å²) in [6.45, 7) is 3.43. The summed E-state index contributed by atoms with van der Waals surface area (Å²) in [6.07, 6.45) is 0.468. The summed E-state index contributed by atoms with van der Waals surface area (Å²) in [5, 5.41) is 11.2. The highest BCUT2D eigenvalue weighted by Crippen LogP contribution is 2.38. The van der Waals surface area contributed by atoms with E-state index in [0.29, 0.717) is 26.2 Å². The number of aliphatic carboxylic acids is 1. The van der Waals surface area contributed by atoms with Gasteiger partial charge in [0.1, 0.15) is 0 Å². The van der Waals surface area contributed by atoms with Gasteiger partial charge in [0.15, 0.2) is 0 Å². The molecule has 5 heteroatoms. The predicted octanol–water partition coefficient (Wildman–Crippen LogP) is -0.140. The number of hydrogen-bond donors (Lipinski definition) is 2. The van der Waals surface area contributed by atoms with Gasteiger partial charge in [0, 0.05) is 13.2 Å². The zero-order valence-electron chi connectivity index (χ0n) is 8.16. The Balaban J connectivity index is 2.09. The number of hydrogen-bond acceptors (Lipinski definition) is 3. The average Bonchev–Trinajstić information content (AvgIpc) is 2.91. The zero-order valence-corrected chi connectivity index (χ0v) is 8.16. The van der Waals surface area contributed by atoms with Gasteiger partial charge in [0.25, 0.3) is 0 Å². The number of nitrogens with one attached hydrogen (secondary N) is 1. The maximum absolute atomic E-state index is 11.3. The van der Waals surface area contributed by atoms with Crippen LogP contribution in [0.4, 0.5) is 0 Å². The number of carboxylic acids is 1. The highest BCUT2D eigenvalue weighted by Gasteiger charge is 2.48. The first-order chi connectivity index (χ1) is 6.66. The van der Waals surface area contributed by atoms with Crippen molar-refractivity contribution in [2.24, 2.45) is 11.8 Å². The summed E-state index contributed by atoms with van der Waals surface area (Å²) >= 11 is 0. The van der Waals surface area contributed by atoms with E-state index in [1.165, 1.54) is 0 Å². The second-order valence-corrected chi connectivity index (χ2v) is 3.27. The number of carboxylic acid groups (broad SMARTS) is 1. The summed E-state index contributed by atoms with van der Waals surface area (Å²) in [4.78, 5) is 21.7. The highest BCUT2D eigenvalue weighted by molar-refractivity contribution is 5.89. The van der Waals surface area contributed by atoms with Gasteiger partial charge in [-0.2, -0.15) is 0 Å². The molecule has 2 N–H and O–H groups in total. The Labute approximate surface area is 82.4 Å². The van der Waals surface area contributed by atoms with Gasteiger partial charge in [-0.15, -0.1) is 0 Å². The Hall–Kier alpha value is -1.10. The van der Waals surface area contributed by atoms with Gasteiger partial charge in [-0.1, -0.05) is 0 Å². The van der Waals surface area contributed by atoms with Crippen molar-refractivity contribution in [3.05, 3.63) is 0 Å². The predicted molar refractivity (Wildman–Crippen MR) is 48.7 cm³/mol. The van der Waals surface area contributed by atoms with Crippen molar-refractivity contribution < 1.29 is 19.4 Å². The number of amides is 1. The minimum absolute atomic E-state index is 0.169. The Kier molecular flexibility index (Phi) is 3.88. The maximum Gasteiger partial charge on any atom is 0.307 e. The number of carbonyl (C=O) groups is 2. The van der Waals surface area contributed by atoms with E-state index in [0.717, 1.165) is 0 Å². The Morgan fingerprint density at radius 1 is 1.50 bits per heavy atom. The molecule has 0 bridgehead atoms. The highest BCUT2D eigenvalue weighted by atomic mass is 16.5. The van der Waals surface area contributed by atoms with Gasteiger partial charge in [-0.05, 0) is 13.3 Å². The first-order valence-electron chi connectivity index (χ1n) is 4.75. The molecular formula is C9H15NO4. The summed E-state index contributed by atoms with van der Waals surface area (Å²) < 4.78 is 5.03. The molecule has 2 unspecified atom stereocenters. The Morgan fingerprint density at radius 2 is 2.21 bits per heavy atom. The molecule has 1 fully saturated rings. The molecule has 0 aliphatic heterocycles. The third-order valence-corrected chi connectivity index (χ3v) is 2.19. The zero-order chi connectivity index (χ0) is 10.6. The number of rotatable bonds is 6. The van der Waals surface area contributed by atoms with Gasteiger partial charge in [0.2, 0.25) is 5.91 Å². The molecule has 0 aromatic heterocycles. The molecule has 1 rings (SSSR count). The standard InChI is InChI=1S/C9H15NO4/c1-2-14-4-3-10-8(11)6-5-7(6)9(12)13/h6-7H,2-5H2,1H3,(H,10,11)(H,12,13). The third-order valence-electron chi connectivity index (χ3n) is 2.19. The van der Waals surface area contributed by atoms with Crippen LogP contribution in [0.5, 0.6) is 0 Å². The monoisotopic (exact) mass is 201 g/mol. The lowest BCUT2D eigenvalue weighted by Crippen LogP contribution is -2.29.